The normalized spacial score (nSPS) is 13.8. The molecule has 1 atom stereocenters. The summed E-state index contributed by atoms with van der Waals surface area (Å²) in [6, 6.07) is 6.73. The summed E-state index contributed by atoms with van der Waals surface area (Å²) in [5.74, 6) is 0. The van der Waals surface area contributed by atoms with E-state index < -0.39 is 10.0 Å². The Kier molecular flexibility index (Phi) is 4.13. The molecule has 15 heavy (non-hydrogen) atoms. The van der Waals surface area contributed by atoms with Crippen molar-refractivity contribution in [2.45, 2.75) is 23.6 Å². The number of rotatable bonds is 4. The van der Waals surface area contributed by atoms with Crippen LogP contribution in [0.1, 0.15) is 12.5 Å². The molecule has 3 nitrogen and oxygen atoms in total. The van der Waals surface area contributed by atoms with Gasteiger partial charge in [0.15, 0.2) is 0 Å². The van der Waals surface area contributed by atoms with E-state index in [0.29, 0.717) is 0 Å². The Morgan fingerprint density at radius 3 is 2.27 bits per heavy atom. The van der Waals surface area contributed by atoms with Crippen molar-refractivity contribution >= 4 is 21.6 Å². The lowest BCUT2D eigenvalue weighted by molar-refractivity contribution is 0.588. The number of hydrogen-bond acceptors (Lipinski definition) is 2. The molecular formula is C10H14ClNO2S. The van der Waals surface area contributed by atoms with E-state index in [-0.39, 0.29) is 10.3 Å². The first-order chi connectivity index (χ1) is 6.95. The summed E-state index contributed by atoms with van der Waals surface area (Å²) in [5, 5.41) is 0.0526. The predicted molar refractivity (Wildman–Crippen MR) is 61.7 cm³/mol. The highest BCUT2D eigenvalue weighted by Crippen LogP contribution is 2.12. The van der Waals surface area contributed by atoms with Gasteiger partial charge >= 0.3 is 0 Å². The average Bonchev–Trinajstić information content (AvgIpc) is 2.18. The molecule has 0 saturated carbocycles. The molecule has 1 aromatic carbocycles. The average molecular weight is 248 g/mol. The summed E-state index contributed by atoms with van der Waals surface area (Å²) in [6.45, 7) is 1.90. The van der Waals surface area contributed by atoms with Crippen LogP contribution in [0.5, 0.6) is 0 Å². The second kappa shape index (κ2) is 4.96. The molecule has 0 fully saturated rings. The minimum Gasteiger partial charge on any atom is -0.214 e. The van der Waals surface area contributed by atoms with Gasteiger partial charge in [-0.05, 0) is 38.1 Å². The second-order valence-corrected chi connectivity index (χ2v) is 5.97. The van der Waals surface area contributed by atoms with Crippen molar-refractivity contribution in [1.29, 1.82) is 0 Å². The number of alkyl halides is 1. The third-order valence-electron chi connectivity index (χ3n) is 2.02. The predicted octanol–water partition coefficient (Wildman–Crippen LogP) is 1.76. The molecule has 1 N–H and O–H groups in total. The zero-order chi connectivity index (χ0) is 11.5. The first kappa shape index (κ1) is 12.5. The Morgan fingerprint density at radius 2 is 1.87 bits per heavy atom. The fraction of sp³-hybridized carbons (Fsp3) is 0.400. The van der Waals surface area contributed by atoms with E-state index in [0.717, 1.165) is 12.0 Å². The van der Waals surface area contributed by atoms with Gasteiger partial charge in [0.05, 0.1) is 4.90 Å². The van der Waals surface area contributed by atoms with Gasteiger partial charge < -0.3 is 0 Å². The monoisotopic (exact) mass is 247 g/mol. The van der Waals surface area contributed by atoms with Crippen LogP contribution in [0.3, 0.4) is 0 Å². The Bertz CT molecular complexity index is 412. The van der Waals surface area contributed by atoms with Crippen LogP contribution in [-0.2, 0) is 16.4 Å². The van der Waals surface area contributed by atoms with Crippen LogP contribution in [0.2, 0.25) is 0 Å². The Hall–Kier alpha value is -0.580. The van der Waals surface area contributed by atoms with Crippen LogP contribution in [-0.4, -0.2) is 20.8 Å². The van der Waals surface area contributed by atoms with E-state index in [2.05, 4.69) is 4.72 Å². The summed E-state index contributed by atoms with van der Waals surface area (Å²) in [4.78, 5) is 0.274. The van der Waals surface area contributed by atoms with Crippen molar-refractivity contribution in [2.75, 3.05) is 7.05 Å². The van der Waals surface area contributed by atoms with Crippen LogP contribution in [0, 0.1) is 0 Å². The molecular weight excluding hydrogens is 234 g/mol. The smallest absolute Gasteiger partial charge is 0.214 e. The van der Waals surface area contributed by atoms with Crippen molar-refractivity contribution in [3.8, 4) is 0 Å². The highest BCUT2D eigenvalue weighted by Gasteiger charge is 2.10. The molecule has 0 aliphatic carbocycles. The van der Waals surface area contributed by atoms with Crippen molar-refractivity contribution in [3.05, 3.63) is 29.8 Å². The Labute approximate surface area is 95.5 Å². The minimum atomic E-state index is -3.33. The second-order valence-electron chi connectivity index (χ2n) is 3.34. The summed E-state index contributed by atoms with van der Waals surface area (Å²) in [7, 11) is -1.93. The molecule has 1 aromatic rings. The van der Waals surface area contributed by atoms with Crippen LogP contribution >= 0.6 is 11.6 Å². The lowest BCUT2D eigenvalue weighted by Crippen LogP contribution is -2.18. The fourth-order valence-electron chi connectivity index (χ4n) is 1.25. The molecule has 0 aromatic heterocycles. The Morgan fingerprint density at radius 1 is 1.33 bits per heavy atom. The van der Waals surface area contributed by atoms with Crippen molar-refractivity contribution in [1.82, 2.24) is 4.72 Å². The molecule has 84 valence electrons. The van der Waals surface area contributed by atoms with Gasteiger partial charge in [0, 0.05) is 5.38 Å². The van der Waals surface area contributed by atoms with E-state index in [1.165, 1.54) is 7.05 Å². The first-order valence-electron chi connectivity index (χ1n) is 4.62. The highest BCUT2D eigenvalue weighted by molar-refractivity contribution is 7.89. The maximum Gasteiger partial charge on any atom is 0.240 e. The zero-order valence-corrected chi connectivity index (χ0v) is 10.3. The minimum absolute atomic E-state index is 0.0526. The molecule has 0 saturated heterocycles. The maximum atomic E-state index is 11.4. The number of nitrogens with one attached hydrogen (secondary N) is 1. The van der Waals surface area contributed by atoms with Crippen molar-refractivity contribution < 1.29 is 8.42 Å². The van der Waals surface area contributed by atoms with Crippen molar-refractivity contribution in [3.63, 3.8) is 0 Å². The zero-order valence-electron chi connectivity index (χ0n) is 8.70. The maximum absolute atomic E-state index is 11.4. The fourth-order valence-corrected chi connectivity index (χ4v) is 2.16. The van der Waals surface area contributed by atoms with Crippen LogP contribution in [0.25, 0.3) is 0 Å². The van der Waals surface area contributed by atoms with Crippen LogP contribution in [0.15, 0.2) is 29.2 Å². The summed E-state index contributed by atoms with van der Waals surface area (Å²) < 4.78 is 25.1. The molecule has 0 radical (unpaired) electrons. The van der Waals surface area contributed by atoms with Gasteiger partial charge in [-0.3, -0.25) is 0 Å². The molecule has 0 aliphatic rings. The van der Waals surface area contributed by atoms with Gasteiger partial charge in [-0.25, -0.2) is 13.1 Å². The standard InChI is InChI=1S/C10H14ClNO2S/c1-8(11)7-9-3-5-10(6-4-9)15(13,14)12-2/h3-6,8,12H,7H2,1-2H3. The lowest BCUT2D eigenvalue weighted by Gasteiger charge is -2.05. The quantitative estimate of drug-likeness (QED) is 0.825. The molecule has 0 amide bonds. The van der Waals surface area contributed by atoms with Gasteiger partial charge in [-0.1, -0.05) is 12.1 Å². The van der Waals surface area contributed by atoms with Gasteiger partial charge in [-0.2, -0.15) is 0 Å². The van der Waals surface area contributed by atoms with Gasteiger partial charge in [-0.15, -0.1) is 11.6 Å². The lowest BCUT2D eigenvalue weighted by atomic mass is 10.1. The summed E-state index contributed by atoms with van der Waals surface area (Å²) in [5.41, 5.74) is 1.03. The van der Waals surface area contributed by atoms with E-state index in [9.17, 15) is 8.42 Å². The number of benzene rings is 1. The third-order valence-corrected chi connectivity index (χ3v) is 3.60. The van der Waals surface area contributed by atoms with Gasteiger partial charge in [0.1, 0.15) is 0 Å². The van der Waals surface area contributed by atoms with E-state index >= 15 is 0 Å². The van der Waals surface area contributed by atoms with Gasteiger partial charge in [0.2, 0.25) is 10.0 Å². The van der Waals surface area contributed by atoms with E-state index in [1.54, 1.807) is 24.3 Å². The summed E-state index contributed by atoms with van der Waals surface area (Å²) in [6.07, 6.45) is 0.738. The number of halogens is 1. The SMILES string of the molecule is CNS(=O)(=O)c1ccc(CC(C)Cl)cc1. The molecule has 0 spiro atoms. The van der Waals surface area contributed by atoms with E-state index in [4.69, 9.17) is 11.6 Å². The topological polar surface area (TPSA) is 46.2 Å². The summed E-state index contributed by atoms with van der Waals surface area (Å²) >= 11 is 5.84. The molecule has 1 rings (SSSR count). The third kappa shape index (κ3) is 3.48. The van der Waals surface area contributed by atoms with Crippen LogP contribution in [0.4, 0.5) is 0 Å². The first-order valence-corrected chi connectivity index (χ1v) is 6.54. The molecule has 5 heteroatoms. The van der Waals surface area contributed by atoms with Crippen LogP contribution < -0.4 is 4.72 Å². The number of sulfonamides is 1. The molecule has 0 bridgehead atoms. The molecule has 1 unspecified atom stereocenters. The largest absolute Gasteiger partial charge is 0.240 e. The van der Waals surface area contributed by atoms with Crippen molar-refractivity contribution in [2.24, 2.45) is 0 Å². The van der Waals surface area contributed by atoms with Gasteiger partial charge in [0.25, 0.3) is 0 Å². The van der Waals surface area contributed by atoms with E-state index in [1.807, 2.05) is 6.92 Å². The molecule has 0 aliphatic heterocycles. The highest BCUT2D eigenvalue weighted by atomic mass is 35.5. The molecule has 0 heterocycles. The Balaban J connectivity index is 2.91. The number of hydrogen-bond donors (Lipinski definition) is 1.